The lowest BCUT2D eigenvalue weighted by Gasteiger charge is -2.40. The number of pyridine rings is 1. The number of hydrogen-bond donors (Lipinski definition) is 1. The number of hydrogen-bond acceptors (Lipinski definition) is 6. The van der Waals surface area contributed by atoms with Gasteiger partial charge in [0.05, 0.1) is 29.6 Å². The first-order chi connectivity index (χ1) is 15.3. The maximum atomic E-state index is 6.42. The molecule has 0 spiro atoms. The molecule has 0 amide bonds. The Morgan fingerprint density at radius 1 is 0.781 bits per heavy atom. The van der Waals surface area contributed by atoms with Gasteiger partial charge in [-0.1, -0.05) is 30.3 Å². The van der Waals surface area contributed by atoms with Crippen LogP contribution in [0.2, 0.25) is 0 Å². The SMILES string of the molecule is Cl.c1ccc2nc(N3CC(Oc4nc5ccccc5nc4C4CCNCC4)C3)ccc2c1. The van der Waals surface area contributed by atoms with Gasteiger partial charge in [-0.2, -0.15) is 0 Å². The van der Waals surface area contributed by atoms with Gasteiger partial charge in [0.2, 0.25) is 5.88 Å². The molecule has 6 rings (SSSR count). The standard InChI is InChI=1S/C25H25N5O.ClH/c1-2-6-20-17(5-1)9-10-23(27-20)30-15-19(16-30)31-25-24(18-11-13-26-14-12-18)28-21-7-3-4-8-22(21)29-25;/h1-10,18-19,26H,11-16H2;1H. The van der Waals surface area contributed by atoms with Crippen molar-refractivity contribution in [1.29, 1.82) is 0 Å². The molecule has 2 aliphatic heterocycles. The predicted molar refractivity (Wildman–Crippen MR) is 130 cm³/mol. The highest BCUT2D eigenvalue weighted by Gasteiger charge is 2.32. The Bertz CT molecular complexity index is 1240. The third-order valence-electron chi connectivity index (χ3n) is 6.32. The minimum atomic E-state index is 0. The number of para-hydroxylation sites is 3. The van der Waals surface area contributed by atoms with Crippen molar-refractivity contribution < 1.29 is 4.74 Å². The van der Waals surface area contributed by atoms with Crippen molar-refractivity contribution in [3.05, 3.63) is 66.4 Å². The molecule has 164 valence electrons. The Balaban J connectivity index is 0.00000216. The molecule has 4 aromatic rings. The van der Waals surface area contributed by atoms with E-state index in [1.54, 1.807) is 0 Å². The highest BCUT2D eigenvalue weighted by Crippen LogP contribution is 2.33. The van der Waals surface area contributed by atoms with Crippen LogP contribution in [0.3, 0.4) is 0 Å². The number of anilines is 1. The highest BCUT2D eigenvalue weighted by atomic mass is 35.5. The van der Waals surface area contributed by atoms with Gasteiger partial charge in [-0.15, -0.1) is 12.4 Å². The molecular formula is C25H26ClN5O. The van der Waals surface area contributed by atoms with Gasteiger partial charge < -0.3 is 15.0 Å². The van der Waals surface area contributed by atoms with E-state index < -0.39 is 0 Å². The predicted octanol–water partition coefficient (Wildman–Crippen LogP) is 4.33. The van der Waals surface area contributed by atoms with Crippen LogP contribution in [0.1, 0.15) is 24.5 Å². The zero-order chi connectivity index (χ0) is 20.6. The number of fused-ring (bicyclic) bond motifs is 2. The van der Waals surface area contributed by atoms with E-state index in [1.807, 2.05) is 36.4 Å². The molecule has 0 unspecified atom stereocenters. The van der Waals surface area contributed by atoms with Gasteiger partial charge in [-0.3, -0.25) is 0 Å². The number of ether oxygens (including phenoxy) is 1. The van der Waals surface area contributed by atoms with E-state index in [0.29, 0.717) is 11.8 Å². The van der Waals surface area contributed by atoms with E-state index in [-0.39, 0.29) is 18.5 Å². The first kappa shape index (κ1) is 20.9. The monoisotopic (exact) mass is 447 g/mol. The fourth-order valence-electron chi connectivity index (χ4n) is 4.53. The zero-order valence-electron chi connectivity index (χ0n) is 17.8. The number of nitrogens with zero attached hydrogens (tertiary/aromatic N) is 4. The summed E-state index contributed by atoms with van der Waals surface area (Å²) >= 11 is 0. The van der Waals surface area contributed by atoms with Crippen molar-refractivity contribution in [3.63, 3.8) is 0 Å². The van der Waals surface area contributed by atoms with Crippen LogP contribution in [0.4, 0.5) is 5.82 Å². The molecule has 1 N–H and O–H groups in total. The number of benzene rings is 2. The molecule has 0 radical (unpaired) electrons. The van der Waals surface area contributed by atoms with Gasteiger partial charge >= 0.3 is 0 Å². The normalized spacial score (nSPS) is 17.2. The minimum Gasteiger partial charge on any atom is -0.469 e. The molecule has 0 bridgehead atoms. The Labute approximate surface area is 193 Å². The van der Waals surface area contributed by atoms with Crippen LogP contribution in [0.5, 0.6) is 5.88 Å². The first-order valence-corrected chi connectivity index (χ1v) is 11.1. The molecular weight excluding hydrogens is 422 g/mol. The van der Waals surface area contributed by atoms with Gasteiger partial charge in [-0.25, -0.2) is 15.0 Å². The van der Waals surface area contributed by atoms with Crippen LogP contribution in [-0.2, 0) is 0 Å². The van der Waals surface area contributed by atoms with Crippen LogP contribution in [0.15, 0.2) is 60.7 Å². The number of piperidine rings is 1. The lowest BCUT2D eigenvalue weighted by Crippen LogP contribution is -2.54. The molecule has 2 aromatic carbocycles. The summed E-state index contributed by atoms with van der Waals surface area (Å²) in [6.45, 7) is 3.66. The molecule has 0 atom stereocenters. The van der Waals surface area contributed by atoms with E-state index in [2.05, 4.69) is 34.5 Å². The Hall–Kier alpha value is -2.96. The van der Waals surface area contributed by atoms with Crippen LogP contribution in [0.25, 0.3) is 21.9 Å². The number of rotatable bonds is 4. The van der Waals surface area contributed by atoms with Gasteiger partial charge in [0.1, 0.15) is 17.6 Å². The van der Waals surface area contributed by atoms with E-state index >= 15 is 0 Å². The lowest BCUT2D eigenvalue weighted by molar-refractivity contribution is 0.156. The Morgan fingerprint density at radius 3 is 2.25 bits per heavy atom. The second-order valence-electron chi connectivity index (χ2n) is 8.43. The average Bonchev–Trinajstić information content (AvgIpc) is 2.81. The van der Waals surface area contributed by atoms with Crippen LogP contribution < -0.4 is 15.0 Å². The van der Waals surface area contributed by atoms with Gasteiger partial charge in [-0.05, 0) is 56.3 Å². The van der Waals surface area contributed by atoms with E-state index in [9.17, 15) is 0 Å². The summed E-state index contributed by atoms with van der Waals surface area (Å²) in [7, 11) is 0. The van der Waals surface area contributed by atoms with E-state index in [0.717, 1.165) is 72.5 Å². The van der Waals surface area contributed by atoms with E-state index in [1.165, 1.54) is 0 Å². The second-order valence-corrected chi connectivity index (χ2v) is 8.43. The summed E-state index contributed by atoms with van der Waals surface area (Å²) in [4.78, 5) is 16.9. The quantitative estimate of drug-likeness (QED) is 0.502. The molecule has 2 fully saturated rings. The van der Waals surface area contributed by atoms with Crippen LogP contribution in [0, 0.1) is 0 Å². The molecule has 0 aliphatic carbocycles. The van der Waals surface area contributed by atoms with Crippen LogP contribution in [-0.4, -0.2) is 47.2 Å². The van der Waals surface area contributed by atoms with Gasteiger partial charge in [0.15, 0.2) is 0 Å². The first-order valence-electron chi connectivity index (χ1n) is 11.1. The molecule has 7 heteroatoms. The van der Waals surface area contributed by atoms with Gasteiger partial charge in [0.25, 0.3) is 0 Å². The maximum absolute atomic E-state index is 6.42. The summed E-state index contributed by atoms with van der Waals surface area (Å²) in [5.41, 5.74) is 3.88. The molecule has 6 nitrogen and oxygen atoms in total. The largest absolute Gasteiger partial charge is 0.469 e. The van der Waals surface area contributed by atoms with Gasteiger partial charge in [0, 0.05) is 11.3 Å². The Morgan fingerprint density at radius 2 is 1.47 bits per heavy atom. The summed E-state index contributed by atoms with van der Waals surface area (Å²) in [6, 6.07) is 20.5. The molecule has 32 heavy (non-hydrogen) atoms. The smallest absolute Gasteiger partial charge is 0.236 e. The lowest BCUT2D eigenvalue weighted by atomic mass is 9.94. The maximum Gasteiger partial charge on any atom is 0.236 e. The number of halogens is 1. The van der Waals surface area contributed by atoms with Crippen molar-refractivity contribution in [1.82, 2.24) is 20.3 Å². The van der Waals surface area contributed by atoms with Crippen molar-refractivity contribution in [2.24, 2.45) is 0 Å². The average molecular weight is 448 g/mol. The third-order valence-corrected chi connectivity index (χ3v) is 6.32. The molecule has 2 saturated heterocycles. The third kappa shape index (κ3) is 3.96. The molecule has 2 aromatic heterocycles. The number of aromatic nitrogens is 3. The van der Waals surface area contributed by atoms with Crippen molar-refractivity contribution in [3.8, 4) is 5.88 Å². The fraction of sp³-hybridized carbons (Fsp3) is 0.320. The Kier molecular flexibility index (Phi) is 5.81. The topological polar surface area (TPSA) is 63.2 Å². The van der Waals surface area contributed by atoms with Crippen molar-refractivity contribution >= 4 is 40.2 Å². The summed E-state index contributed by atoms with van der Waals surface area (Å²) in [6.07, 6.45) is 2.24. The van der Waals surface area contributed by atoms with Crippen molar-refractivity contribution in [2.75, 3.05) is 31.1 Å². The summed E-state index contributed by atoms with van der Waals surface area (Å²) in [5, 5.41) is 4.60. The minimum absolute atomic E-state index is 0. The molecule has 0 saturated carbocycles. The number of nitrogens with one attached hydrogen (secondary N) is 1. The summed E-state index contributed by atoms with van der Waals surface area (Å²) in [5.74, 6) is 2.11. The zero-order valence-corrected chi connectivity index (χ0v) is 18.6. The second kappa shape index (κ2) is 8.88. The van der Waals surface area contributed by atoms with Crippen LogP contribution >= 0.6 is 12.4 Å². The fourth-order valence-corrected chi connectivity index (χ4v) is 4.53. The van der Waals surface area contributed by atoms with Crippen molar-refractivity contribution in [2.45, 2.75) is 24.9 Å². The highest BCUT2D eigenvalue weighted by molar-refractivity contribution is 5.85. The molecule has 4 heterocycles. The summed E-state index contributed by atoms with van der Waals surface area (Å²) < 4.78 is 6.42. The molecule has 2 aliphatic rings. The van der Waals surface area contributed by atoms with E-state index in [4.69, 9.17) is 19.7 Å².